The summed E-state index contributed by atoms with van der Waals surface area (Å²) < 4.78 is 0. The van der Waals surface area contributed by atoms with Gasteiger partial charge in [-0.1, -0.05) is 77.0 Å². The van der Waals surface area contributed by atoms with Gasteiger partial charge in [0, 0.05) is 11.8 Å². The van der Waals surface area contributed by atoms with Crippen LogP contribution in [-0.4, -0.2) is 5.78 Å². The van der Waals surface area contributed by atoms with Crippen LogP contribution in [0.4, 0.5) is 0 Å². The number of hydrogen-bond donors (Lipinski definition) is 0. The third-order valence-electron chi connectivity index (χ3n) is 3.88. The Morgan fingerprint density at radius 3 is 1.70 bits per heavy atom. The van der Waals surface area contributed by atoms with Gasteiger partial charge in [-0.05, 0) is 44.9 Å². The van der Waals surface area contributed by atoms with E-state index < -0.39 is 0 Å². The minimum Gasteiger partial charge on any atom is -0.299 e. The van der Waals surface area contributed by atoms with E-state index in [1.807, 2.05) is 20.8 Å². The first kappa shape index (κ1) is 21.9. The van der Waals surface area contributed by atoms with E-state index in [9.17, 15) is 4.79 Å². The predicted octanol–water partition coefficient (Wildman–Crippen LogP) is 7.19. The maximum atomic E-state index is 11.8. The summed E-state index contributed by atoms with van der Waals surface area (Å²) in [5.74, 6) is 0.382. The first-order valence-electron chi connectivity index (χ1n) is 9.46. The summed E-state index contributed by atoms with van der Waals surface area (Å²) in [7, 11) is 0. The molecule has 0 aromatic carbocycles. The monoisotopic (exact) mass is 318 g/mol. The van der Waals surface area contributed by atoms with Crippen molar-refractivity contribution in [3.8, 4) is 0 Å². The third-order valence-corrected chi connectivity index (χ3v) is 3.88. The topological polar surface area (TPSA) is 17.1 Å². The van der Waals surface area contributed by atoms with Gasteiger partial charge in [-0.25, -0.2) is 0 Å². The van der Waals surface area contributed by atoms with Crippen molar-refractivity contribution >= 4 is 5.78 Å². The van der Waals surface area contributed by atoms with Gasteiger partial charge in [0.1, 0.15) is 5.78 Å². The SMILES string of the molecule is CCCCC/C=C\C/C=C\C/C=C\CCCCC(=O)C(C)(C)C. The van der Waals surface area contributed by atoms with E-state index >= 15 is 0 Å². The van der Waals surface area contributed by atoms with Gasteiger partial charge in [-0.15, -0.1) is 0 Å². The molecule has 0 bridgehead atoms. The molecule has 0 unspecified atom stereocenters. The highest BCUT2D eigenvalue weighted by atomic mass is 16.1. The Morgan fingerprint density at radius 1 is 0.739 bits per heavy atom. The van der Waals surface area contributed by atoms with Crippen molar-refractivity contribution in [1.29, 1.82) is 0 Å². The van der Waals surface area contributed by atoms with Gasteiger partial charge in [0.25, 0.3) is 0 Å². The molecule has 0 aliphatic heterocycles. The second kappa shape index (κ2) is 14.5. The van der Waals surface area contributed by atoms with Gasteiger partial charge in [-0.2, -0.15) is 0 Å². The van der Waals surface area contributed by atoms with Crippen LogP contribution in [0.5, 0.6) is 0 Å². The van der Waals surface area contributed by atoms with E-state index in [1.54, 1.807) is 0 Å². The zero-order chi connectivity index (χ0) is 17.4. The third kappa shape index (κ3) is 15.6. The summed E-state index contributed by atoms with van der Waals surface area (Å²) >= 11 is 0. The molecule has 0 amide bonds. The number of carbonyl (C=O) groups excluding carboxylic acids is 1. The first-order chi connectivity index (χ1) is 11.0. The molecule has 0 aliphatic rings. The maximum Gasteiger partial charge on any atom is 0.138 e. The molecule has 0 atom stereocenters. The van der Waals surface area contributed by atoms with E-state index in [0.29, 0.717) is 5.78 Å². The second-order valence-corrected chi connectivity index (χ2v) is 7.30. The zero-order valence-electron chi connectivity index (χ0n) is 15.9. The Bertz CT molecular complexity index is 366. The summed E-state index contributed by atoms with van der Waals surface area (Å²) in [5, 5.41) is 0. The van der Waals surface area contributed by atoms with E-state index in [4.69, 9.17) is 0 Å². The van der Waals surface area contributed by atoms with Crippen molar-refractivity contribution in [2.45, 2.75) is 91.9 Å². The van der Waals surface area contributed by atoms with E-state index in [-0.39, 0.29) is 5.41 Å². The van der Waals surface area contributed by atoms with Gasteiger partial charge < -0.3 is 0 Å². The van der Waals surface area contributed by atoms with Crippen LogP contribution in [0.15, 0.2) is 36.5 Å². The van der Waals surface area contributed by atoms with Crippen molar-refractivity contribution in [1.82, 2.24) is 0 Å². The standard InChI is InChI=1S/C22H38O/c1-5-6-7-8-9-10-11-12-13-14-15-16-17-18-19-20-21(23)22(2,3)4/h9-10,12-13,15-16H,5-8,11,14,17-20H2,1-4H3/b10-9-,13-12-,16-15-. The number of allylic oxidation sites excluding steroid dienone is 6. The highest BCUT2D eigenvalue weighted by Crippen LogP contribution is 2.18. The Morgan fingerprint density at radius 2 is 1.22 bits per heavy atom. The van der Waals surface area contributed by atoms with Crippen LogP contribution in [0.3, 0.4) is 0 Å². The molecule has 0 rings (SSSR count). The normalized spacial score (nSPS) is 12.9. The lowest BCUT2D eigenvalue weighted by Gasteiger charge is -2.15. The molecule has 0 spiro atoms. The van der Waals surface area contributed by atoms with E-state index in [0.717, 1.165) is 38.5 Å². The first-order valence-corrected chi connectivity index (χ1v) is 9.46. The highest BCUT2D eigenvalue weighted by Gasteiger charge is 2.19. The molecule has 0 aliphatic carbocycles. The molecule has 0 heterocycles. The number of Topliss-reactive ketones (excluding diaryl/α,β-unsaturated/α-hetero) is 1. The molecule has 1 nitrogen and oxygen atoms in total. The summed E-state index contributed by atoms with van der Waals surface area (Å²) in [4.78, 5) is 11.8. The molecule has 23 heavy (non-hydrogen) atoms. The molecule has 0 radical (unpaired) electrons. The fraction of sp³-hybridized carbons (Fsp3) is 0.682. The van der Waals surface area contributed by atoms with Crippen LogP contribution >= 0.6 is 0 Å². The minimum absolute atomic E-state index is 0.176. The van der Waals surface area contributed by atoms with Gasteiger partial charge >= 0.3 is 0 Å². The Balaban J connectivity index is 3.47. The van der Waals surface area contributed by atoms with Crippen LogP contribution in [0.25, 0.3) is 0 Å². The van der Waals surface area contributed by atoms with Gasteiger partial charge in [0.2, 0.25) is 0 Å². The van der Waals surface area contributed by atoms with Crippen LogP contribution in [0.1, 0.15) is 91.9 Å². The van der Waals surface area contributed by atoms with E-state index in [2.05, 4.69) is 43.4 Å². The molecule has 0 N–H and O–H groups in total. The molecular formula is C22H38O. The zero-order valence-corrected chi connectivity index (χ0v) is 15.9. The van der Waals surface area contributed by atoms with Crippen LogP contribution in [-0.2, 0) is 4.79 Å². The number of unbranched alkanes of at least 4 members (excludes halogenated alkanes) is 5. The summed E-state index contributed by atoms with van der Waals surface area (Å²) in [6.45, 7) is 8.25. The molecule has 0 aromatic rings. The molecule has 132 valence electrons. The largest absolute Gasteiger partial charge is 0.299 e. The van der Waals surface area contributed by atoms with Crippen LogP contribution < -0.4 is 0 Å². The fourth-order valence-electron chi connectivity index (χ4n) is 2.21. The van der Waals surface area contributed by atoms with Crippen molar-refractivity contribution in [3.63, 3.8) is 0 Å². The number of rotatable bonds is 13. The quantitative estimate of drug-likeness (QED) is 0.259. The summed E-state index contributed by atoms with van der Waals surface area (Å²) in [6, 6.07) is 0. The lowest BCUT2D eigenvalue weighted by atomic mass is 9.88. The van der Waals surface area contributed by atoms with Gasteiger partial charge in [0.15, 0.2) is 0 Å². The molecule has 0 saturated carbocycles. The maximum absolute atomic E-state index is 11.8. The summed E-state index contributed by atoms with van der Waals surface area (Å²) in [5.41, 5.74) is -0.176. The number of carbonyl (C=O) groups is 1. The lowest BCUT2D eigenvalue weighted by Crippen LogP contribution is -2.19. The predicted molar refractivity (Wildman–Crippen MR) is 104 cm³/mol. The van der Waals surface area contributed by atoms with E-state index in [1.165, 1.54) is 25.7 Å². The average molecular weight is 319 g/mol. The van der Waals surface area contributed by atoms with Crippen molar-refractivity contribution in [2.24, 2.45) is 5.41 Å². The van der Waals surface area contributed by atoms with Gasteiger partial charge in [-0.3, -0.25) is 4.79 Å². The summed E-state index contributed by atoms with van der Waals surface area (Å²) in [6.07, 6.45) is 24.7. The molecular weight excluding hydrogens is 280 g/mol. The Hall–Kier alpha value is -1.11. The minimum atomic E-state index is -0.176. The second-order valence-electron chi connectivity index (χ2n) is 7.30. The Labute approximate surface area is 144 Å². The lowest BCUT2D eigenvalue weighted by molar-refractivity contribution is -0.126. The average Bonchev–Trinajstić information content (AvgIpc) is 2.50. The molecule has 0 saturated heterocycles. The Kier molecular flexibility index (Phi) is 13.8. The van der Waals surface area contributed by atoms with Crippen molar-refractivity contribution < 1.29 is 4.79 Å². The number of ketones is 1. The van der Waals surface area contributed by atoms with Crippen LogP contribution in [0, 0.1) is 5.41 Å². The van der Waals surface area contributed by atoms with Gasteiger partial charge in [0.05, 0.1) is 0 Å². The molecule has 0 aromatic heterocycles. The fourth-order valence-corrected chi connectivity index (χ4v) is 2.21. The molecule has 0 fully saturated rings. The van der Waals surface area contributed by atoms with Crippen molar-refractivity contribution in [3.05, 3.63) is 36.5 Å². The highest BCUT2D eigenvalue weighted by molar-refractivity contribution is 5.83. The van der Waals surface area contributed by atoms with Crippen molar-refractivity contribution in [2.75, 3.05) is 0 Å². The molecule has 1 heteroatoms. The number of hydrogen-bond acceptors (Lipinski definition) is 1. The van der Waals surface area contributed by atoms with Crippen LogP contribution in [0.2, 0.25) is 0 Å². The smallest absolute Gasteiger partial charge is 0.138 e.